The lowest BCUT2D eigenvalue weighted by molar-refractivity contribution is -0.782. The fourth-order valence-electron chi connectivity index (χ4n) is 1.04. The molecule has 2 N–H and O–H groups in total. The minimum absolute atomic E-state index is 0.808. The topological polar surface area (TPSA) is 209 Å². The molecule has 0 unspecified atom stereocenters. The third kappa shape index (κ3) is 8.56. The van der Waals surface area contributed by atoms with Gasteiger partial charge in [0.1, 0.15) is 26.4 Å². The molecule has 0 aliphatic rings. The lowest BCUT2D eigenvalue weighted by atomic mass is 9.92. The van der Waals surface area contributed by atoms with E-state index in [9.17, 15) is 35.1 Å². The lowest BCUT2D eigenvalue weighted by Gasteiger charge is -2.29. The van der Waals surface area contributed by atoms with Crippen LogP contribution in [0.4, 0.5) is 4.79 Å². The maximum absolute atomic E-state index is 10.5. The number of rotatable bonds is 11. The number of hydrogen-bond donors (Lipinski definition) is 1. The minimum atomic E-state index is -1.89. The van der Waals surface area contributed by atoms with Crippen molar-refractivity contribution in [1.82, 2.24) is 0 Å². The Morgan fingerprint density at radius 1 is 0.857 bits per heavy atom. The van der Waals surface area contributed by atoms with Gasteiger partial charge in [-0.25, -0.2) is 4.79 Å². The Labute approximate surface area is 114 Å². The average molecular weight is 314 g/mol. The van der Waals surface area contributed by atoms with E-state index in [1.807, 2.05) is 0 Å². The summed E-state index contributed by atoms with van der Waals surface area (Å²) in [6.07, 6.45) is -1.32. The molecule has 1 amide bonds. The first-order chi connectivity index (χ1) is 9.67. The molecule has 0 rings (SSSR count). The maximum atomic E-state index is 10.5. The number of hydrogen-bond acceptors (Lipinski definition) is 11. The highest BCUT2D eigenvalue weighted by molar-refractivity contribution is 5.64. The first-order valence-electron chi connectivity index (χ1n) is 4.91. The van der Waals surface area contributed by atoms with Crippen molar-refractivity contribution in [2.24, 2.45) is 11.1 Å². The number of nitrogens with two attached hydrogens (primary N) is 1. The van der Waals surface area contributed by atoms with Gasteiger partial charge in [0.05, 0.1) is 5.41 Å². The average Bonchev–Trinajstić information content (AvgIpc) is 2.36. The summed E-state index contributed by atoms with van der Waals surface area (Å²) in [6.45, 7) is -3.61. The van der Waals surface area contributed by atoms with Crippen molar-refractivity contribution in [3.63, 3.8) is 0 Å². The fraction of sp³-hybridized carbons (Fsp3) is 0.833. The van der Waals surface area contributed by atoms with Gasteiger partial charge in [-0.3, -0.25) is 0 Å². The SMILES string of the molecule is NC(=O)OCC(CO[N+](=O)[O-])(CO[N+](=O)[O-])CO[N+](=O)[O-]. The third-order valence-electron chi connectivity index (χ3n) is 1.95. The van der Waals surface area contributed by atoms with Gasteiger partial charge in [0.25, 0.3) is 15.3 Å². The zero-order valence-electron chi connectivity index (χ0n) is 10.2. The van der Waals surface area contributed by atoms with Crippen molar-refractivity contribution in [2.45, 2.75) is 0 Å². The monoisotopic (exact) mass is 314 g/mol. The normalized spacial score (nSPS) is 10.3. The number of carbonyl (C=O) groups excluding carboxylic acids is 1. The van der Waals surface area contributed by atoms with Crippen molar-refractivity contribution in [3.8, 4) is 0 Å². The second-order valence-electron chi connectivity index (χ2n) is 3.60. The predicted octanol–water partition coefficient (Wildman–Crippen LogP) is -1.31. The van der Waals surface area contributed by atoms with E-state index in [1.165, 1.54) is 0 Å². The highest BCUT2D eigenvalue weighted by Gasteiger charge is 2.37. The van der Waals surface area contributed by atoms with E-state index in [-0.39, 0.29) is 0 Å². The standard InChI is InChI=1S/C6H10N4O11/c7-5(11)18-1-6(2-19-8(12)13,3-20-9(14)15)4-21-10(16)17/h1-4H2,(H2,7,11). The molecule has 120 valence electrons. The number of primary amides is 1. The van der Waals surface area contributed by atoms with Gasteiger partial charge in [-0.15, -0.1) is 30.3 Å². The fourth-order valence-corrected chi connectivity index (χ4v) is 1.04. The van der Waals surface area contributed by atoms with Crippen LogP contribution in [0.3, 0.4) is 0 Å². The van der Waals surface area contributed by atoms with E-state index in [0.717, 1.165) is 0 Å². The van der Waals surface area contributed by atoms with E-state index in [2.05, 4.69) is 25.0 Å². The second-order valence-corrected chi connectivity index (χ2v) is 3.60. The Morgan fingerprint density at radius 3 is 1.43 bits per heavy atom. The van der Waals surface area contributed by atoms with Crippen molar-refractivity contribution in [3.05, 3.63) is 30.3 Å². The lowest BCUT2D eigenvalue weighted by Crippen LogP contribution is -2.44. The third-order valence-corrected chi connectivity index (χ3v) is 1.95. The summed E-state index contributed by atoms with van der Waals surface area (Å²) in [6, 6.07) is 0. The molecule has 0 aromatic rings. The van der Waals surface area contributed by atoms with Gasteiger partial charge in [-0.05, 0) is 0 Å². The quantitative estimate of drug-likeness (QED) is 0.349. The zero-order chi connectivity index (χ0) is 16.5. The molecule has 0 fully saturated rings. The molecule has 15 heteroatoms. The molecule has 0 bridgehead atoms. The van der Waals surface area contributed by atoms with Gasteiger partial charge in [0.2, 0.25) is 0 Å². The van der Waals surface area contributed by atoms with Gasteiger partial charge in [0, 0.05) is 0 Å². The van der Waals surface area contributed by atoms with Gasteiger partial charge in [-0.2, -0.15) is 0 Å². The first-order valence-corrected chi connectivity index (χ1v) is 4.91. The molecule has 0 saturated carbocycles. The molecular weight excluding hydrogens is 304 g/mol. The Morgan fingerprint density at radius 2 is 1.19 bits per heavy atom. The Hall–Kier alpha value is -3.13. The first kappa shape index (κ1) is 17.9. The Balaban J connectivity index is 5.02. The molecule has 0 aromatic carbocycles. The number of amides is 1. The maximum Gasteiger partial charge on any atom is 0.404 e. The highest BCUT2D eigenvalue weighted by Crippen LogP contribution is 2.21. The molecule has 15 nitrogen and oxygen atoms in total. The van der Waals surface area contributed by atoms with Gasteiger partial charge in [-0.1, -0.05) is 0 Å². The second kappa shape index (κ2) is 8.12. The summed E-state index contributed by atoms with van der Waals surface area (Å²) >= 11 is 0. The molecule has 0 aliphatic heterocycles. The van der Waals surface area contributed by atoms with E-state index in [0.29, 0.717) is 0 Å². The summed E-state index contributed by atoms with van der Waals surface area (Å²) in [5.74, 6) is 0. The van der Waals surface area contributed by atoms with Crippen LogP contribution in [0, 0.1) is 35.8 Å². The van der Waals surface area contributed by atoms with E-state index < -0.39 is 53.2 Å². The highest BCUT2D eigenvalue weighted by atomic mass is 17.0. The van der Waals surface area contributed by atoms with Gasteiger partial charge in [0.15, 0.2) is 0 Å². The van der Waals surface area contributed by atoms with Crippen LogP contribution in [0.1, 0.15) is 0 Å². The Bertz CT molecular complexity index is 334. The molecule has 0 spiro atoms. The number of nitrogens with zero attached hydrogens (tertiary/aromatic N) is 3. The molecule has 0 radical (unpaired) electrons. The summed E-state index contributed by atoms with van der Waals surface area (Å²) in [5, 5.41) is 26.7. The van der Waals surface area contributed by atoms with Crippen molar-refractivity contribution in [2.75, 3.05) is 26.4 Å². The minimum Gasteiger partial charge on any atom is -0.449 e. The van der Waals surface area contributed by atoms with Crippen LogP contribution in [0.5, 0.6) is 0 Å². The predicted molar refractivity (Wildman–Crippen MR) is 56.8 cm³/mol. The Kier molecular flexibility index (Phi) is 6.91. The van der Waals surface area contributed by atoms with Gasteiger partial charge < -0.3 is 25.0 Å². The molecule has 21 heavy (non-hydrogen) atoms. The number of carbonyl (C=O) groups is 1. The van der Waals surface area contributed by atoms with Gasteiger partial charge >= 0.3 is 6.09 Å². The van der Waals surface area contributed by atoms with Crippen LogP contribution in [0.2, 0.25) is 0 Å². The number of ether oxygens (including phenoxy) is 1. The van der Waals surface area contributed by atoms with Crippen LogP contribution in [0.15, 0.2) is 0 Å². The molecule has 0 saturated heterocycles. The largest absolute Gasteiger partial charge is 0.449 e. The van der Waals surface area contributed by atoms with Crippen LogP contribution < -0.4 is 5.73 Å². The van der Waals surface area contributed by atoms with Crippen LogP contribution in [-0.4, -0.2) is 47.8 Å². The van der Waals surface area contributed by atoms with E-state index in [1.54, 1.807) is 0 Å². The smallest absolute Gasteiger partial charge is 0.404 e. The summed E-state index contributed by atoms with van der Waals surface area (Å²) in [7, 11) is 0. The van der Waals surface area contributed by atoms with Crippen LogP contribution in [-0.2, 0) is 19.2 Å². The molecule has 0 aliphatic carbocycles. The van der Waals surface area contributed by atoms with E-state index >= 15 is 0 Å². The summed E-state index contributed by atoms with van der Waals surface area (Å²) in [4.78, 5) is 53.0. The molecular formula is C6H10N4O11. The van der Waals surface area contributed by atoms with Crippen molar-refractivity contribution >= 4 is 6.09 Å². The van der Waals surface area contributed by atoms with Crippen molar-refractivity contribution in [1.29, 1.82) is 0 Å². The van der Waals surface area contributed by atoms with Crippen molar-refractivity contribution < 1.29 is 39.3 Å². The summed E-state index contributed by atoms with van der Waals surface area (Å²) in [5.41, 5.74) is 2.80. The van der Waals surface area contributed by atoms with Crippen LogP contribution in [0.25, 0.3) is 0 Å². The molecule has 0 atom stereocenters. The summed E-state index contributed by atoms with van der Waals surface area (Å²) < 4.78 is 4.34. The molecule has 0 heterocycles. The molecule has 0 aromatic heterocycles. The van der Waals surface area contributed by atoms with Crippen LogP contribution >= 0.6 is 0 Å². The van der Waals surface area contributed by atoms with E-state index in [4.69, 9.17) is 0 Å². The zero-order valence-corrected chi connectivity index (χ0v) is 10.2.